The van der Waals surface area contributed by atoms with Crippen LogP contribution in [-0.4, -0.2) is 40.6 Å². The minimum atomic E-state index is -0.275. The molecule has 0 radical (unpaired) electrons. The van der Waals surface area contributed by atoms with Gasteiger partial charge in [-0.3, -0.25) is 15.1 Å². The third kappa shape index (κ3) is 3.69. The number of fused-ring (bicyclic) bond motifs is 2. The molecule has 7 heteroatoms. The molecule has 1 atom stereocenters. The lowest BCUT2D eigenvalue weighted by molar-refractivity contribution is -0.385. The third-order valence-corrected chi connectivity index (χ3v) is 6.12. The van der Waals surface area contributed by atoms with Gasteiger partial charge in [-0.2, -0.15) is 0 Å². The molecule has 1 amide bonds. The van der Waals surface area contributed by atoms with Gasteiger partial charge in [-0.05, 0) is 55.7 Å². The number of rotatable bonds is 3. The molecule has 1 aliphatic heterocycles. The number of amides is 1. The molecular formula is C22H25N3O4. The minimum absolute atomic E-state index is 0.00736. The van der Waals surface area contributed by atoms with Crippen LogP contribution in [-0.2, 0) is 17.6 Å². The van der Waals surface area contributed by atoms with Crippen molar-refractivity contribution >= 4 is 11.8 Å². The smallest absolute Gasteiger partial charge is 0.409 e. The van der Waals surface area contributed by atoms with E-state index in [2.05, 4.69) is 6.07 Å². The summed E-state index contributed by atoms with van der Waals surface area (Å²) >= 11 is 0. The van der Waals surface area contributed by atoms with Gasteiger partial charge < -0.3 is 9.64 Å². The molecule has 0 N–H and O–H groups in total. The highest BCUT2D eigenvalue weighted by molar-refractivity contribution is 5.67. The Morgan fingerprint density at radius 2 is 2.03 bits per heavy atom. The molecule has 7 nitrogen and oxygen atoms in total. The Bertz CT molecular complexity index is 922. The number of hydrogen-bond donors (Lipinski definition) is 0. The van der Waals surface area contributed by atoms with Crippen molar-refractivity contribution in [3.63, 3.8) is 0 Å². The molecule has 4 rings (SSSR count). The summed E-state index contributed by atoms with van der Waals surface area (Å²) in [6.45, 7) is 3.44. The van der Waals surface area contributed by atoms with Gasteiger partial charge in [0.1, 0.15) is 0 Å². The fraction of sp³-hybridized carbons (Fsp3) is 0.455. The van der Waals surface area contributed by atoms with Crippen LogP contribution >= 0.6 is 0 Å². The maximum atomic E-state index is 12.1. The van der Waals surface area contributed by atoms with Crippen molar-refractivity contribution in [2.24, 2.45) is 5.92 Å². The molecule has 1 fully saturated rings. The zero-order valence-electron chi connectivity index (χ0n) is 16.5. The van der Waals surface area contributed by atoms with Crippen molar-refractivity contribution < 1.29 is 14.5 Å². The zero-order chi connectivity index (χ0) is 20.4. The molecule has 152 valence electrons. The molecule has 2 heterocycles. The number of hydrogen-bond acceptors (Lipinski definition) is 5. The SMILES string of the molecule is CCOC(=O)N1CCC(C2c3cccc([N+](=O)[O-])c3CCc3cccnc32)CC1. The molecule has 29 heavy (non-hydrogen) atoms. The summed E-state index contributed by atoms with van der Waals surface area (Å²) in [6.07, 6.45) is 4.58. The van der Waals surface area contributed by atoms with Crippen molar-refractivity contribution in [3.05, 3.63) is 69.0 Å². The van der Waals surface area contributed by atoms with Crippen LogP contribution in [0.25, 0.3) is 0 Å². The van der Waals surface area contributed by atoms with Gasteiger partial charge >= 0.3 is 6.09 Å². The second kappa shape index (κ2) is 8.19. The number of ether oxygens (including phenoxy) is 1. The summed E-state index contributed by atoms with van der Waals surface area (Å²) in [5, 5.41) is 11.7. The number of aromatic nitrogens is 1. The Balaban J connectivity index is 1.70. The van der Waals surface area contributed by atoms with Crippen molar-refractivity contribution in [2.45, 2.75) is 38.5 Å². The first-order valence-electron chi connectivity index (χ1n) is 10.2. The lowest BCUT2D eigenvalue weighted by atomic mass is 9.76. The van der Waals surface area contributed by atoms with Gasteiger partial charge in [0.05, 0.1) is 17.2 Å². The van der Waals surface area contributed by atoms with Crippen LogP contribution in [0.15, 0.2) is 36.5 Å². The van der Waals surface area contributed by atoms with E-state index in [9.17, 15) is 14.9 Å². The summed E-state index contributed by atoms with van der Waals surface area (Å²) in [4.78, 5) is 29.9. The molecule has 1 unspecified atom stereocenters. The van der Waals surface area contributed by atoms with Crippen molar-refractivity contribution in [1.82, 2.24) is 9.88 Å². The molecule has 1 aromatic heterocycles. The van der Waals surface area contributed by atoms with Crippen LogP contribution < -0.4 is 0 Å². The fourth-order valence-electron chi connectivity index (χ4n) is 4.78. The first-order chi connectivity index (χ1) is 14.1. The quantitative estimate of drug-likeness (QED) is 0.577. The molecule has 0 saturated carbocycles. The maximum Gasteiger partial charge on any atom is 0.409 e. The number of aryl methyl sites for hydroxylation is 1. The highest BCUT2D eigenvalue weighted by Crippen LogP contribution is 2.44. The second-order valence-corrected chi connectivity index (χ2v) is 7.65. The summed E-state index contributed by atoms with van der Waals surface area (Å²) in [5.41, 5.74) is 4.24. The van der Waals surface area contributed by atoms with Crippen LogP contribution in [0.1, 0.15) is 48.1 Å². The van der Waals surface area contributed by atoms with E-state index in [1.54, 1.807) is 17.0 Å². The Kier molecular flexibility index (Phi) is 5.47. The molecule has 1 aromatic carbocycles. The molecule has 2 aliphatic rings. The summed E-state index contributed by atoms with van der Waals surface area (Å²) in [5.74, 6) is 0.279. The topological polar surface area (TPSA) is 85.6 Å². The average molecular weight is 395 g/mol. The highest BCUT2D eigenvalue weighted by Gasteiger charge is 2.36. The van der Waals surface area contributed by atoms with E-state index in [-0.39, 0.29) is 28.5 Å². The molecular weight excluding hydrogens is 370 g/mol. The molecule has 0 bridgehead atoms. The largest absolute Gasteiger partial charge is 0.450 e. The van der Waals surface area contributed by atoms with Gasteiger partial charge in [-0.25, -0.2) is 4.79 Å². The lowest BCUT2D eigenvalue weighted by Gasteiger charge is -2.36. The van der Waals surface area contributed by atoms with E-state index < -0.39 is 0 Å². The lowest BCUT2D eigenvalue weighted by Crippen LogP contribution is -2.40. The van der Waals surface area contributed by atoms with Crippen LogP contribution in [0.2, 0.25) is 0 Å². The number of pyridine rings is 1. The standard InChI is InChI=1S/C22H25N3O4/c1-2-29-22(26)24-13-10-15(11-14-24)20-18-6-3-7-19(25(27)28)17(18)9-8-16-5-4-12-23-21(16)20/h3-7,12,15,20H,2,8-11,13-14H2,1H3. The van der Waals surface area contributed by atoms with Crippen LogP contribution in [0.5, 0.6) is 0 Å². The summed E-state index contributed by atoms with van der Waals surface area (Å²) in [6, 6.07) is 9.42. The number of piperidine rings is 1. The van der Waals surface area contributed by atoms with E-state index in [4.69, 9.17) is 9.72 Å². The molecule has 2 aromatic rings. The monoisotopic (exact) mass is 395 g/mol. The molecule has 0 spiro atoms. The van der Waals surface area contributed by atoms with E-state index in [0.29, 0.717) is 26.1 Å². The van der Waals surface area contributed by atoms with Crippen LogP contribution in [0.4, 0.5) is 10.5 Å². The van der Waals surface area contributed by atoms with Gasteiger partial charge in [0.2, 0.25) is 0 Å². The maximum absolute atomic E-state index is 12.1. The van der Waals surface area contributed by atoms with Gasteiger partial charge in [-0.1, -0.05) is 18.2 Å². The molecule has 1 saturated heterocycles. The Hall–Kier alpha value is -2.96. The second-order valence-electron chi connectivity index (χ2n) is 7.65. The number of likely N-dealkylation sites (tertiary alicyclic amines) is 1. The zero-order valence-corrected chi connectivity index (χ0v) is 16.5. The van der Waals surface area contributed by atoms with Gasteiger partial charge in [0, 0.05) is 36.8 Å². The van der Waals surface area contributed by atoms with E-state index in [0.717, 1.165) is 41.6 Å². The summed E-state index contributed by atoms with van der Waals surface area (Å²) in [7, 11) is 0. The van der Waals surface area contributed by atoms with E-state index >= 15 is 0 Å². The normalized spacial score (nSPS) is 19.1. The number of nitro groups is 1. The first kappa shape index (κ1) is 19.4. The van der Waals surface area contributed by atoms with E-state index in [1.165, 1.54) is 0 Å². The number of carbonyl (C=O) groups excluding carboxylic acids is 1. The number of nitrogens with zero attached hydrogens (tertiary/aromatic N) is 3. The number of nitro benzene ring substituents is 1. The van der Waals surface area contributed by atoms with Gasteiger partial charge in [0.25, 0.3) is 5.69 Å². The minimum Gasteiger partial charge on any atom is -0.450 e. The number of benzene rings is 1. The predicted octanol–water partition coefficient (Wildman–Crippen LogP) is 4.09. The third-order valence-electron chi connectivity index (χ3n) is 6.12. The highest BCUT2D eigenvalue weighted by atomic mass is 16.6. The molecule has 1 aliphatic carbocycles. The summed E-state index contributed by atoms with van der Waals surface area (Å²) < 4.78 is 5.14. The Morgan fingerprint density at radius 1 is 1.24 bits per heavy atom. The van der Waals surface area contributed by atoms with Crippen LogP contribution in [0, 0.1) is 16.0 Å². The predicted molar refractivity (Wildman–Crippen MR) is 108 cm³/mol. The van der Waals surface area contributed by atoms with Crippen molar-refractivity contribution in [3.8, 4) is 0 Å². The van der Waals surface area contributed by atoms with Gasteiger partial charge in [-0.15, -0.1) is 0 Å². The van der Waals surface area contributed by atoms with Crippen molar-refractivity contribution in [2.75, 3.05) is 19.7 Å². The van der Waals surface area contributed by atoms with Crippen molar-refractivity contribution in [1.29, 1.82) is 0 Å². The van der Waals surface area contributed by atoms with E-state index in [1.807, 2.05) is 25.3 Å². The van der Waals surface area contributed by atoms with Gasteiger partial charge in [0.15, 0.2) is 0 Å². The Morgan fingerprint density at radius 3 is 2.76 bits per heavy atom. The Labute approximate surface area is 169 Å². The average Bonchev–Trinajstić information content (AvgIpc) is 2.90. The fourth-order valence-corrected chi connectivity index (χ4v) is 4.78. The number of carbonyl (C=O) groups is 1. The van der Waals surface area contributed by atoms with Crippen LogP contribution in [0.3, 0.4) is 0 Å². The first-order valence-corrected chi connectivity index (χ1v) is 10.2.